The average molecular weight is 318 g/mol. The molecule has 1 saturated heterocycles. The fraction of sp³-hybridized carbons (Fsp3) is 0.471. The number of hydrogen-bond donors (Lipinski definition) is 1. The summed E-state index contributed by atoms with van der Waals surface area (Å²) in [6, 6.07) is 11.4. The zero-order valence-corrected chi connectivity index (χ0v) is 13.3. The highest BCUT2D eigenvalue weighted by atomic mass is 16.5. The van der Waals surface area contributed by atoms with Gasteiger partial charge >= 0.3 is 0 Å². The maximum atomic E-state index is 10.8. The van der Waals surface area contributed by atoms with Gasteiger partial charge in [-0.05, 0) is 19.1 Å². The maximum absolute atomic E-state index is 10.8. The summed E-state index contributed by atoms with van der Waals surface area (Å²) in [5, 5.41) is 14.8. The van der Waals surface area contributed by atoms with Crippen LogP contribution in [0.15, 0.2) is 40.9 Å². The lowest BCUT2D eigenvalue weighted by Crippen LogP contribution is -2.48. The highest BCUT2D eigenvalue weighted by Crippen LogP contribution is 2.18. The molecular formula is C17H22N2O4. The van der Waals surface area contributed by atoms with Crippen LogP contribution in [0.4, 0.5) is 0 Å². The molecule has 6 nitrogen and oxygen atoms in total. The Hall–Kier alpha value is -1.89. The van der Waals surface area contributed by atoms with E-state index in [1.165, 1.54) is 0 Å². The fourth-order valence-electron chi connectivity index (χ4n) is 2.67. The van der Waals surface area contributed by atoms with E-state index in [4.69, 9.17) is 14.0 Å². The molecule has 3 rings (SSSR count). The van der Waals surface area contributed by atoms with Crippen LogP contribution in [0.1, 0.15) is 11.5 Å². The van der Waals surface area contributed by atoms with Crippen molar-refractivity contribution in [3.63, 3.8) is 0 Å². The largest absolute Gasteiger partial charge is 0.490 e. The third kappa shape index (κ3) is 4.54. The van der Waals surface area contributed by atoms with Gasteiger partial charge in [0, 0.05) is 25.7 Å². The van der Waals surface area contributed by atoms with Gasteiger partial charge in [-0.15, -0.1) is 0 Å². The molecule has 2 aromatic rings. The summed E-state index contributed by atoms with van der Waals surface area (Å²) >= 11 is 0. The number of ether oxygens (including phenoxy) is 2. The van der Waals surface area contributed by atoms with Crippen molar-refractivity contribution in [2.24, 2.45) is 0 Å². The summed E-state index contributed by atoms with van der Waals surface area (Å²) in [5.74, 6) is 1.53. The lowest BCUT2D eigenvalue weighted by Gasteiger charge is -2.30. The standard InChI is InChI=1S/C17H22N2O4/c1-14-9-15(18-23-14)10-19-7-8-21-12-17(20,11-19)13-22-16-5-3-2-4-6-16/h2-6,9,20H,7-8,10-13H2,1H3. The minimum atomic E-state index is -1.05. The van der Waals surface area contributed by atoms with Gasteiger partial charge in [-0.1, -0.05) is 23.4 Å². The van der Waals surface area contributed by atoms with Crippen LogP contribution < -0.4 is 4.74 Å². The molecular weight excluding hydrogens is 296 g/mol. The van der Waals surface area contributed by atoms with Crippen molar-refractivity contribution in [1.82, 2.24) is 10.1 Å². The number of aromatic nitrogens is 1. The van der Waals surface area contributed by atoms with E-state index in [2.05, 4.69) is 10.1 Å². The summed E-state index contributed by atoms with van der Waals surface area (Å²) in [7, 11) is 0. The summed E-state index contributed by atoms with van der Waals surface area (Å²) in [6.45, 7) is 4.70. The van der Waals surface area contributed by atoms with E-state index >= 15 is 0 Å². The first-order chi connectivity index (χ1) is 11.1. The first-order valence-electron chi connectivity index (χ1n) is 7.75. The van der Waals surface area contributed by atoms with E-state index < -0.39 is 5.60 Å². The molecule has 1 aromatic heterocycles. The zero-order valence-electron chi connectivity index (χ0n) is 13.3. The summed E-state index contributed by atoms with van der Waals surface area (Å²) in [4.78, 5) is 2.11. The summed E-state index contributed by atoms with van der Waals surface area (Å²) < 4.78 is 16.4. The first kappa shape index (κ1) is 16.0. The third-order valence-electron chi connectivity index (χ3n) is 3.75. The molecule has 0 amide bonds. The normalized spacial score (nSPS) is 22.7. The predicted octanol–water partition coefficient (Wildman–Crippen LogP) is 1.63. The summed E-state index contributed by atoms with van der Waals surface area (Å²) in [6.07, 6.45) is 0. The monoisotopic (exact) mass is 318 g/mol. The van der Waals surface area contributed by atoms with Crippen molar-refractivity contribution >= 4 is 0 Å². The molecule has 1 fully saturated rings. The van der Waals surface area contributed by atoms with Gasteiger partial charge in [0.15, 0.2) is 0 Å². The Bertz CT molecular complexity index is 616. The smallest absolute Gasteiger partial charge is 0.134 e. The second-order valence-corrected chi connectivity index (χ2v) is 6.02. The van der Waals surface area contributed by atoms with E-state index in [0.29, 0.717) is 19.7 Å². The average Bonchev–Trinajstić information content (AvgIpc) is 2.86. The molecule has 1 N–H and O–H groups in total. The highest BCUT2D eigenvalue weighted by Gasteiger charge is 2.33. The number of para-hydroxylation sites is 1. The molecule has 1 unspecified atom stereocenters. The van der Waals surface area contributed by atoms with E-state index in [9.17, 15) is 5.11 Å². The molecule has 0 radical (unpaired) electrons. The second kappa shape index (κ2) is 7.12. The van der Waals surface area contributed by atoms with Gasteiger partial charge in [-0.3, -0.25) is 4.90 Å². The Morgan fingerprint density at radius 3 is 2.91 bits per heavy atom. The minimum Gasteiger partial charge on any atom is -0.490 e. The SMILES string of the molecule is Cc1cc(CN2CCOCC(O)(COc3ccccc3)C2)no1. The lowest BCUT2D eigenvalue weighted by atomic mass is 10.1. The molecule has 1 atom stereocenters. The third-order valence-corrected chi connectivity index (χ3v) is 3.75. The van der Waals surface area contributed by atoms with Gasteiger partial charge in [-0.25, -0.2) is 0 Å². The van der Waals surface area contributed by atoms with Crippen LogP contribution in [-0.4, -0.2) is 53.7 Å². The van der Waals surface area contributed by atoms with E-state index in [1.54, 1.807) is 0 Å². The number of aryl methyl sites for hydroxylation is 1. The maximum Gasteiger partial charge on any atom is 0.134 e. The van der Waals surface area contributed by atoms with E-state index in [0.717, 1.165) is 23.7 Å². The molecule has 2 heterocycles. The number of nitrogens with zero attached hydrogens (tertiary/aromatic N) is 2. The minimum absolute atomic E-state index is 0.186. The molecule has 0 aliphatic carbocycles. The van der Waals surface area contributed by atoms with Gasteiger partial charge in [0.2, 0.25) is 0 Å². The zero-order chi connectivity index (χ0) is 16.1. The van der Waals surface area contributed by atoms with Crippen molar-refractivity contribution in [3.8, 4) is 5.75 Å². The summed E-state index contributed by atoms with van der Waals surface area (Å²) in [5.41, 5.74) is -0.193. The lowest BCUT2D eigenvalue weighted by molar-refractivity contribution is -0.0647. The number of rotatable bonds is 5. The van der Waals surface area contributed by atoms with Crippen molar-refractivity contribution in [2.75, 3.05) is 32.9 Å². The second-order valence-electron chi connectivity index (χ2n) is 6.02. The van der Waals surface area contributed by atoms with Crippen molar-refractivity contribution < 1.29 is 19.1 Å². The molecule has 0 saturated carbocycles. The van der Waals surface area contributed by atoms with Gasteiger partial charge in [0.1, 0.15) is 23.7 Å². The van der Waals surface area contributed by atoms with Crippen LogP contribution in [0, 0.1) is 6.92 Å². The number of β-amino-alcohol motifs (C(OH)–C–C–N with tert-alkyl or cyclic N) is 1. The van der Waals surface area contributed by atoms with Gasteiger partial charge in [0.25, 0.3) is 0 Å². The molecule has 6 heteroatoms. The van der Waals surface area contributed by atoms with Gasteiger partial charge in [-0.2, -0.15) is 0 Å². The van der Waals surface area contributed by atoms with Crippen LogP contribution in [-0.2, 0) is 11.3 Å². The number of hydrogen-bond acceptors (Lipinski definition) is 6. The Labute approximate surface area is 135 Å². The molecule has 124 valence electrons. The number of aliphatic hydroxyl groups is 1. The van der Waals surface area contributed by atoms with Crippen molar-refractivity contribution in [2.45, 2.75) is 19.1 Å². The van der Waals surface area contributed by atoms with Crippen LogP contribution in [0.25, 0.3) is 0 Å². The predicted molar refractivity (Wildman–Crippen MR) is 84.2 cm³/mol. The van der Waals surface area contributed by atoms with Crippen LogP contribution in [0.2, 0.25) is 0 Å². The number of benzene rings is 1. The molecule has 1 aliphatic heterocycles. The van der Waals surface area contributed by atoms with Crippen LogP contribution in [0.5, 0.6) is 5.75 Å². The molecule has 0 bridgehead atoms. The van der Waals surface area contributed by atoms with Crippen molar-refractivity contribution in [3.05, 3.63) is 47.9 Å². The van der Waals surface area contributed by atoms with Crippen molar-refractivity contribution in [1.29, 1.82) is 0 Å². The molecule has 1 aromatic carbocycles. The van der Waals surface area contributed by atoms with Gasteiger partial charge < -0.3 is 19.1 Å². The Kier molecular flexibility index (Phi) is 4.95. The Balaban J connectivity index is 1.61. The quantitative estimate of drug-likeness (QED) is 0.904. The van der Waals surface area contributed by atoms with Crippen LogP contribution in [0.3, 0.4) is 0 Å². The first-order valence-corrected chi connectivity index (χ1v) is 7.75. The molecule has 1 aliphatic rings. The molecule has 23 heavy (non-hydrogen) atoms. The van der Waals surface area contributed by atoms with Gasteiger partial charge in [0.05, 0.1) is 18.9 Å². The van der Waals surface area contributed by atoms with Crippen LogP contribution >= 0.6 is 0 Å². The Morgan fingerprint density at radius 2 is 2.17 bits per heavy atom. The Morgan fingerprint density at radius 1 is 1.35 bits per heavy atom. The highest BCUT2D eigenvalue weighted by molar-refractivity contribution is 5.21. The molecule has 0 spiro atoms. The fourth-order valence-corrected chi connectivity index (χ4v) is 2.67. The van der Waals surface area contributed by atoms with E-state index in [-0.39, 0.29) is 13.2 Å². The van der Waals surface area contributed by atoms with E-state index in [1.807, 2.05) is 43.3 Å². The topological polar surface area (TPSA) is 68.0 Å².